The van der Waals surface area contributed by atoms with Crippen molar-refractivity contribution in [2.24, 2.45) is 5.92 Å². The van der Waals surface area contributed by atoms with E-state index in [4.69, 9.17) is 5.26 Å². The normalized spacial score (nSPS) is 23.7. The Morgan fingerprint density at radius 2 is 2.28 bits per heavy atom. The first kappa shape index (κ1) is 12.8. The Morgan fingerprint density at radius 3 is 2.89 bits per heavy atom. The third-order valence-electron chi connectivity index (χ3n) is 3.76. The van der Waals surface area contributed by atoms with Crippen molar-refractivity contribution in [1.29, 1.82) is 5.26 Å². The van der Waals surface area contributed by atoms with E-state index in [9.17, 15) is 0 Å². The first-order valence-corrected chi connectivity index (χ1v) is 6.76. The van der Waals surface area contributed by atoms with E-state index in [-0.39, 0.29) is 0 Å². The zero-order valence-electron chi connectivity index (χ0n) is 11.1. The molecule has 2 atom stereocenters. The van der Waals surface area contributed by atoms with Crippen LogP contribution in [0.5, 0.6) is 0 Å². The summed E-state index contributed by atoms with van der Waals surface area (Å²) in [6, 6.07) is 6.25. The van der Waals surface area contributed by atoms with E-state index < -0.39 is 0 Å². The third kappa shape index (κ3) is 2.61. The number of nitriles is 1. The molecule has 0 aliphatic carbocycles. The van der Waals surface area contributed by atoms with Gasteiger partial charge < -0.3 is 4.90 Å². The molecular formula is C14H20N4. The van der Waals surface area contributed by atoms with Crippen LogP contribution in [0.25, 0.3) is 0 Å². The molecule has 1 aromatic rings. The van der Waals surface area contributed by atoms with Gasteiger partial charge in [-0.1, -0.05) is 20.3 Å². The number of rotatable bonds is 3. The second-order valence-electron chi connectivity index (χ2n) is 5.06. The summed E-state index contributed by atoms with van der Waals surface area (Å²) < 4.78 is 0. The Balaban J connectivity index is 2.20. The number of hydrogen-bond donors (Lipinski definition) is 0. The summed E-state index contributed by atoms with van der Waals surface area (Å²) in [4.78, 5) is 2.37. The van der Waals surface area contributed by atoms with E-state index in [0.29, 0.717) is 17.7 Å². The first-order chi connectivity index (χ1) is 8.76. The Labute approximate surface area is 109 Å². The lowest BCUT2D eigenvalue weighted by Crippen LogP contribution is -2.44. The summed E-state index contributed by atoms with van der Waals surface area (Å²) in [7, 11) is 0. The molecule has 96 valence electrons. The van der Waals surface area contributed by atoms with E-state index in [1.165, 1.54) is 25.7 Å². The second kappa shape index (κ2) is 5.81. The average Bonchev–Trinajstić information content (AvgIpc) is 2.41. The van der Waals surface area contributed by atoms with E-state index in [0.717, 1.165) is 12.4 Å². The standard InChI is InChI=1S/C14H20N4/c1-3-5-13-11(2)6-4-9-18(13)14-8-7-12(10-15)16-17-14/h7-8,11,13H,3-6,9H2,1-2H3. The van der Waals surface area contributed by atoms with Crippen molar-refractivity contribution < 1.29 is 0 Å². The van der Waals surface area contributed by atoms with Crippen molar-refractivity contribution in [3.63, 3.8) is 0 Å². The first-order valence-electron chi connectivity index (χ1n) is 6.76. The number of anilines is 1. The smallest absolute Gasteiger partial charge is 0.163 e. The molecule has 1 aliphatic rings. The van der Waals surface area contributed by atoms with Gasteiger partial charge in [-0.05, 0) is 37.3 Å². The average molecular weight is 244 g/mol. The van der Waals surface area contributed by atoms with Crippen molar-refractivity contribution >= 4 is 5.82 Å². The monoisotopic (exact) mass is 244 g/mol. The Bertz CT molecular complexity index is 420. The van der Waals surface area contributed by atoms with Crippen LogP contribution >= 0.6 is 0 Å². The molecule has 1 aromatic heterocycles. The molecule has 4 heteroatoms. The van der Waals surface area contributed by atoms with E-state index in [1.54, 1.807) is 6.07 Å². The molecule has 1 saturated heterocycles. The Morgan fingerprint density at radius 1 is 1.44 bits per heavy atom. The maximum Gasteiger partial charge on any atom is 0.163 e. The van der Waals surface area contributed by atoms with Gasteiger partial charge >= 0.3 is 0 Å². The van der Waals surface area contributed by atoms with Crippen molar-refractivity contribution in [2.75, 3.05) is 11.4 Å². The number of aromatic nitrogens is 2. The SMILES string of the molecule is CCCC1C(C)CCCN1c1ccc(C#N)nn1. The van der Waals surface area contributed by atoms with Gasteiger partial charge in [0.05, 0.1) is 0 Å². The van der Waals surface area contributed by atoms with Crippen LogP contribution in [0.4, 0.5) is 5.82 Å². The lowest BCUT2D eigenvalue weighted by Gasteiger charge is -2.40. The molecule has 0 saturated carbocycles. The molecule has 0 amide bonds. The minimum atomic E-state index is 0.385. The molecule has 0 aromatic carbocycles. The van der Waals surface area contributed by atoms with Gasteiger partial charge in [-0.25, -0.2) is 0 Å². The van der Waals surface area contributed by atoms with Gasteiger partial charge in [0.25, 0.3) is 0 Å². The highest BCUT2D eigenvalue weighted by atomic mass is 15.3. The van der Waals surface area contributed by atoms with Crippen LogP contribution in [-0.2, 0) is 0 Å². The van der Waals surface area contributed by atoms with Crippen LogP contribution < -0.4 is 4.90 Å². The fourth-order valence-corrected chi connectivity index (χ4v) is 2.81. The van der Waals surface area contributed by atoms with Crippen molar-refractivity contribution in [3.05, 3.63) is 17.8 Å². The molecular weight excluding hydrogens is 224 g/mol. The van der Waals surface area contributed by atoms with E-state index in [2.05, 4.69) is 28.9 Å². The largest absolute Gasteiger partial charge is 0.352 e. The molecule has 2 heterocycles. The van der Waals surface area contributed by atoms with Gasteiger partial charge in [0.15, 0.2) is 11.5 Å². The number of hydrogen-bond acceptors (Lipinski definition) is 4. The fraction of sp³-hybridized carbons (Fsp3) is 0.643. The van der Waals surface area contributed by atoms with Gasteiger partial charge in [-0.15, -0.1) is 10.2 Å². The number of nitrogens with zero attached hydrogens (tertiary/aromatic N) is 4. The summed E-state index contributed by atoms with van der Waals surface area (Å²) in [5.74, 6) is 1.62. The summed E-state index contributed by atoms with van der Waals surface area (Å²) >= 11 is 0. The van der Waals surface area contributed by atoms with E-state index in [1.807, 2.05) is 12.1 Å². The minimum absolute atomic E-state index is 0.385. The van der Waals surface area contributed by atoms with Crippen molar-refractivity contribution in [1.82, 2.24) is 10.2 Å². The van der Waals surface area contributed by atoms with Crippen LogP contribution in [0.3, 0.4) is 0 Å². The molecule has 0 N–H and O–H groups in total. The summed E-state index contributed by atoms with van der Waals surface area (Å²) in [5, 5.41) is 16.9. The molecule has 18 heavy (non-hydrogen) atoms. The predicted molar refractivity (Wildman–Crippen MR) is 71.2 cm³/mol. The van der Waals surface area contributed by atoms with E-state index >= 15 is 0 Å². The Kier molecular flexibility index (Phi) is 4.14. The van der Waals surface area contributed by atoms with Crippen LogP contribution in [0.2, 0.25) is 0 Å². The van der Waals surface area contributed by atoms with Crippen LogP contribution in [-0.4, -0.2) is 22.8 Å². The van der Waals surface area contributed by atoms with Crippen LogP contribution in [0.1, 0.15) is 45.2 Å². The minimum Gasteiger partial charge on any atom is -0.352 e. The van der Waals surface area contributed by atoms with Gasteiger partial charge in [0.2, 0.25) is 0 Å². The predicted octanol–water partition coefficient (Wildman–Crippen LogP) is 2.75. The molecule has 2 rings (SSSR count). The summed E-state index contributed by atoms with van der Waals surface area (Å²) in [5.41, 5.74) is 0.385. The molecule has 0 bridgehead atoms. The zero-order valence-corrected chi connectivity index (χ0v) is 11.1. The zero-order chi connectivity index (χ0) is 13.0. The topological polar surface area (TPSA) is 52.8 Å². The molecule has 0 spiro atoms. The van der Waals surface area contributed by atoms with Crippen molar-refractivity contribution in [3.8, 4) is 6.07 Å². The number of piperidine rings is 1. The third-order valence-corrected chi connectivity index (χ3v) is 3.76. The van der Waals surface area contributed by atoms with Gasteiger partial charge in [-0.2, -0.15) is 5.26 Å². The highest BCUT2D eigenvalue weighted by Gasteiger charge is 2.28. The maximum absolute atomic E-state index is 8.75. The maximum atomic E-state index is 8.75. The molecule has 2 unspecified atom stereocenters. The fourth-order valence-electron chi connectivity index (χ4n) is 2.81. The molecule has 1 fully saturated rings. The molecule has 0 radical (unpaired) electrons. The van der Waals surface area contributed by atoms with Crippen LogP contribution in [0.15, 0.2) is 12.1 Å². The Hall–Kier alpha value is -1.63. The molecule has 4 nitrogen and oxygen atoms in total. The molecule has 1 aliphatic heterocycles. The highest BCUT2D eigenvalue weighted by molar-refractivity contribution is 5.41. The quantitative estimate of drug-likeness (QED) is 0.820. The summed E-state index contributed by atoms with van der Waals surface area (Å²) in [6.45, 7) is 5.60. The van der Waals surface area contributed by atoms with Gasteiger partial charge in [0, 0.05) is 12.6 Å². The highest BCUT2D eigenvalue weighted by Crippen LogP contribution is 2.29. The van der Waals surface area contributed by atoms with Crippen LogP contribution in [0, 0.1) is 17.2 Å². The lowest BCUT2D eigenvalue weighted by molar-refractivity contribution is 0.325. The lowest BCUT2D eigenvalue weighted by atomic mass is 9.88. The second-order valence-corrected chi connectivity index (χ2v) is 5.06. The van der Waals surface area contributed by atoms with Gasteiger partial charge in [0.1, 0.15) is 6.07 Å². The van der Waals surface area contributed by atoms with Crippen molar-refractivity contribution in [2.45, 2.75) is 45.6 Å². The van der Waals surface area contributed by atoms with Gasteiger partial charge in [-0.3, -0.25) is 0 Å². The summed E-state index contributed by atoms with van der Waals surface area (Å²) in [6.07, 6.45) is 4.89.